The first kappa shape index (κ1) is 15.4. The van der Waals surface area contributed by atoms with E-state index in [2.05, 4.69) is 15.7 Å². The molecule has 0 bridgehead atoms. The molecule has 0 aliphatic heterocycles. The zero-order chi connectivity index (χ0) is 17.1. The number of fused-ring (bicyclic) bond motifs is 1. The number of benzene rings is 2. The Labute approximate surface area is 136 Å². The van der Waals surface area contributed by atoms with E-state index in [1.54, 1.807) is 48.5 Å². The van der Waals surface area contributed by atoms with Crippen LogP contribution in [0.4, 0.5) is 5.69 Å². The molecule has 2 N–H and O–H groups in total. The standard InChI is InChI=1S/C17H14N4O3/c1-11(22)20-21-15(16(23)18-12-7-3-2-4-8-12)19-14-10-6-5-9-13(14)17(21)24/h2-10H,1H3,(H,18,23)(H,20,22). The van der Waals surface area contributed by atoms with Crippen LogP contribution in [0.25, 0.3) is 10.9 Å². The van der Waals surface area contributed by atoms with Crippen molar-refractivity contribution in [3.8, 4) is 0 Å². The largest absolute Gasteiger partial charge is 0.319 e. The normalized spacial score (nSPS) is 10.4. The lowest BCUT2D eigenvalue weighted by Gasteiger charge is -2.13. The number of anilines is 1. The minimum atomic E-state index is -0.599. The van der Waals surface area contributed by atoms with Crippen LogP contribution < -0.4 is 16.3 Å². The molecule has 0 aliphatic carbocycles. The summed E-state index contributed by atoms with van der Waals surface area (Å²) in [5, 5.41) is 2.96. The molecule has 1 heterocycles. The van der Waals surface area contributed by atoms with Crippen molar-refractivity contribution in [3.63, 3.8) is 0 Å². The summed E-state index contributed by atoms with van der Waals surface area (Å²) in [6.07, 6.45) is 0. The third kappa shape index (κ3) is 3.00. The van der Waals surface area contributed by atoms with E-state index in [9.17, 15) is 14.4 Å². The lowest BCUT2D eigenvalue weighted by atomic mass is 10.2. The fourth-order valence-electron chi connectivity index (χ4n) is 2.25. The van der Waals surface area contributed by atoms with Crippen LogP contribution in [0.5, 0.6) is 0 Å². The Hall–Kier alpha value is -3.48. The summed E-state index contributed by atoms with van der Waals surface area (Å²) in [5.74, 6) is -1.28. The number of carbonyl (C=O) groups is 2. The average Bonchev–Trinajstić information content (AvgIpc) is 2.58. The predicted octanol–water partition coefficient (Wildman–Crippen LogP) is 1.74. The third-order valence-corrected chi connectivity index (χ3v) is 3.28. The van der Waals surface area contributed by atoms with Crippen molar-refractivity contribution in [1.82, 2.24) is 9.66 Å². The van der Waals surface area contributed by atoms with Gasteiger partial charge in [-0.1, -0.05) is 30.3 Å². The van der Waals surface area contributed by atoms with E-state index in [-0.39, 0.29) is 5.82 Å². The molecule has 0 spiro atoms. The number of para-hydroxylation sites is 2. The molecule has 0 saturated heterocycles. The minimum Gasteiger partial charge on any atom is -0.319 e. The first-order valence-electron chi connectivity index (χ1n) is 7.22. The van der Waals surface area contributed by atoms with Gasteiger partial charge in [0, 0.05) is 12.6 Å². The van der Waals surface area contributed by atoms with Gasteiger partial charge in [0.25, 0.3) is 11.5 Å². The minimum absolute atomic E-state index is 0.197. The molecule has 0 unspecified atom stereocenters. The Morgan fingerprint density at radius 3 is 2.38 bits per heavy atom. The van der Waals surface area contributed by atoms with Crippen LogP contribution in [0.3, 0.4) is 0 Å². The van der Waals surface area contributed by atoms with Gasteiger partial charge in [0.2, 0.25) is 11.7 Å². The van der Waals surface area contributed by atoms with Gasteiger partial charge in [-0.15, -0.1) is 0 Å². The van der Waals surface area contributed by atoms with Crippen LogP contribution in [-0.2, 0) is 4.79 Å². The SMILES string of the molecule is CC(=O)Nn1c(C(=O)Nc2ccccc2)nc2ccccc2c1=O. The highest BCUT2D eigenvalue weighted by Crippen LogP contribution is 2.10. The topological polar surface area (TPSA) is 93.1 Å². The van der Waals surface area contributed by atoms with Crippen molar-refractivity contribution in [2.75, 3.05) is 10.7 Å². The molecule has 24 heavy (non-hydrogen) atoms. The van der Waals surface area contributed by atoms with Gasteiger partial charge in [-0.05, 0) is 24.3 Å². The number of amides is 2. The molecule has 1 aromatic heterocycles. The van der Waals surface area contributed by atoms with E-state index in [0.29, 0.717) is 16.6 Å². The number of nitrogens with zero attached hydrogens (tertiary/aromatic N) is 2. The van der Waals surface area contributed by atoms with Crippen LogP contribution in [0, 0.1) is 0 Å². The zero-order valence-electron chi connectivity index (χ0n) is 12.8. The first-order valence-corrected chi connectivity index (χ1v) is 7.22. The summed E-state index contributed by atoms with van der Waals surface area (Å²) in [7, 11) is 0. The van der Waals surface area contributed by atoms with Gasteiger partial charge < -0.3 is 5.32 Å². The highest BCUT2D eigenvalue weighted by atomic mass is 16.2. The molecule has 0 atom stereocenters. The van der Waals surface area contributed by atoms with E-state index < -0.39 is 17.4 Å². The van der Waals surface area contributed by atoms with Gasteiger partial charge in [-0.25, -0.2) is 4.98 Å². The van der Waals surface area contributed by atoms with E-state index in [1.165, 1.54) is 6.92 Å². The molecule has 7 heteroatoms. The van der Waals surface area contributed by atoms with Crippen molar-refractivity contribution < 1.29 is 9.59 Å². The summed E-state index contributed by atoms with van der Waals surface area (Å²) >= 11 is 0. The van der Waals surface area contributed by atoms with Crippen LogP contribution in [0.2, 0.25) is 0 Å². The maximum atomic E-state index is 12.6. The van der Waals surface area contributed by atoms with E-state index >= 15 is 0 Å². The van der Waals surface area contributed by atoms with Crippen molar-refractivity contribution in [2.24, 2.45) is 0 Å². The van der Waals surface area contributed by atoms with Gasteiger partial charge in [-0.3, -0.25) is 19.8 Å². The highest BCUT2D eigenvalue weighted by Gasteiger charge is 2.18. The Kier molecular flexibility index (Phi) is 4.07. The van der Waals surface area contributed by atoms with Gasteiger partial charge in [0.15, 0.2) is 0 Å². The van der Waals surface area contributed by atoms with E-state index in [0.717, 1.165) is 4.68 Å². The smallest absolute Gasteiger partial charge is 0.293 e. The second kappa shape index (κ2) is 6.33. The molecule has 0 radical (unpaired) electrons. The predicted molar refractivity (Wildman–Crippen MR) is 90.4 cm³/mol. The summed E-state index contributed by atoms with van der Waals surface area (Å²) in [6.45, 7) is 1.25. The average molecular weight is 322 g/mol. The molecule has 3 aromatic rings. The van der Waals surface area contributed by atoms with Gasteiger partial charge in [0.05, 0.1) is 10.9 Å². The second-order valence-corrected chi connectivity index (χ2v) is 5.08. The van der Waals surface area contributed by atoms with Crippen molar-refractivity contribution in [3.05, 3.63) is 70.8 Å². The molecule has 2 amide bonds. The number of hydrogen-bond donors (Lipinski definition) is 2. The Morgan fingerprint density at radius 2 is 1.67 bits per heavy atom. The zero-order valence-corrected chi connectivity index (χ0v) is 12.8. The quantitative estimate of drug-likeness (QED) is 0.768. The van der Waals surface area contributed by atoms with Crippen LogP contribution in [0.1, 0.15) is 17.5 Å². The Morgan fingerprint density at radius 1 is 1.00 bits per heavy atom. The number of carbonyl (C=O) groups excluding carboxylic acids is 2. The monoisotopic (exact) mass is 322 g/mol. The lowest BCUT2D eigenvalue weighted by molar-refractivity contribution is -0.115. The Bertz CT molecular complexity index is 980. The molecule has 2 aromatic carbocycles. The summed E-state index contributed by atoms with van der Waals surface area (Å²) < 4.78 is 0.864. The summed E-state index contributed by atoms with van der Waals surface area (Å²) in [4.78, 5) is 40.7. The number of hydrogen-bond acceptors (Lipinski definition) is 4. The third-order valence-electron chi connectivity index (χ3n) is 3.28. The van der Waals surface area contributed by atoms with Crippen molar-refractivity contribution in [2.45, 2.75) is 6.92 Å². The van der Waals surface area contributed by atoms with E-state index in [1.807, 2.05) is 6.07 Å². The number of nitrogens with one attached hydrogen (secondary N) is 2. The lowest BCUT2D eigenvalue weighted by Crippen LogP contribution is -2.38. The maximum Gasteiger partial charge on any atom is 0.293 e. The molecular weight excluding hydrogens is 308 g/mol. The second-order valence-electron chi connectivity index (χ2n) is 5.08. The molecule has 7 nitrogen and oxygen atoms in total. The fraction of sp³-hybridized carbons (Fsp3) is 0.0588. The van der Waals surface area contributed by atoms with Crippen LogP contribution in [0.15, 0.2) is 59.4 Å². The number of rotatable bonds is 3. The van der Waals surface area contributed by atoms with Crippen LogP contribution >= 0.6 is 0 Å². The van der Waals surface area contributed by atoms with E-state index in [4.69, 9.17) is 0 Å². The molecule has 3 rings (SSSR count). The van der Waals surface area contributed by atoms with Gasteiger partial charge >= 0.3 is 0 Å². The molecule has 120 valence electrons. The number of aromatic nitrogens is 2. The van der Waals surface area contributed by atoms with Crippen molar-refractivity contribution >= 4 is 28.4 Å². The molecule has 0 saturated carbocycles. The van der Waals surface area contributed by atoms with Crippen LogP contribution in [-0.4, -0.2) is 21.5 Å². The molecule has 0 aliphatic rings. The molecule has 0 fully saturated rings. The van der Waals surface area contributed by atoms with Gasteiger partial charge in [0.1, 0.15) is 0 Å². The summed E-state index contributed by atoms with van der Waals surface area (Å²) in [6, 6.07) is 15.4. The summed E-state index contributed by atoms with van der Waals surface area (Å²) in [5.41, 5.74) is 2.76. The first-order chi connectivity index (χ1) is 11.6. The highest BCUT2D eigenvalue weighted by molar-refractivity contribution is 6.03. The molecular formula is C17H14N4O3. The van der Waals surface area contributed by atoms with Crippen molar-refractivity contribution in [1.29, 1.82) is 0 Å². The fourth-order valence-corrected chi connectivity index (χ4v) is 2.25. The maximum absolute atomic E-state index is 12.6. The Balaban J connectivity index is 2.12. The van der Waals surface area contributed by atoms with Gasteiger partial charge in [-0.2, -0.15) is 4.68 Å².